The van der Waals surface area contributed by atoms with Crippen LogP contribution in [0.3, 0.4) is 0 Å². The Hall–Kier alpha value is 0.201. The number of hydrogen-bond acceptors (Lipinski definition) is 2. The first-order valence-corrected chi connectivity index (χ1v) is 17.7. The predicted octanol–water partition coefficient (Wildman–Crippen LogP) is 5.69. The molecule has 0 aromatic carbocycles. The summed E-state index contributed by atoms with van der Waals surface area (Å²) in [6, 6.07) is 0. The van der Waals surface area contributed by atoms with Crippen LogP contribution in [0.25, 0.3) is 0 Å². The molecule has 0 N–H and O–H groups in total. The highest BCUT2D eigenvalue weighted by atomic mass is 35.6. The van der Waals surface area contributed by atoms with Gasteiger partial charge in [0.15, 0.2) is 8.24 Å². The Morgan fingerprint density at radius 2 is 1.20 bits per heavy atom. The van der Waals surface area contributed by atoms with Gasteiger partial charge >= 0.3 is 6.18 Å². The number of rotatable bonds is 2. The second-order valence-electron chi connectivity index (χ2n) is 7.37. The second-order valence-corrected chi connectivity index (χ2v) is 23.9. The van der Waals surface area contributed by atoms with Crippen LogP contribution < -0.4 is 0 Å². The van der Waals surface area contributed by atoms with E-state index in [2.05, 4.69) is 24.3 Å². The lowest BCUT2D eigenvalue weighted by atomic mass is 10.7. The Kier molecular flexibility index (Phi) is 8.38. The normalized spacial score (nSPS) is 14.6. The lowest BCUT2D eigenvalue weighted by Crippen LogP contribution is -2.39. The summed E-state index contributed by atoms with van der Waals surface area (Å²) in [6.45, 7) is 16.6. The summed E-state index contributed by atoms with van der Waals surface area (Å²) in [6.07, 6.45) is -4.47. The molecule has 0 saturated heterocycles. The zero-order valence-electron chi connectivity index (χ0n) is 13.9. The highest BCUT2D eigenvalue weighted by Gasteiger charge is 2.41. The van der Waals surface area contributed by atoms with Gasteiger partial charge < -0.3 is 4.43 Å². The second kappa shape index (κ2) is 7.46. The van der Waals surface area contributed by atoms with E-state index >= 15 is 0 Å². The first-order chi connectivity index (χ1) is 8.31. The molecule has 0 rings (SSSR count). The Morgan fingerprint density at radius 3 is 1.35 bits per heavy atom. The third kappa shape index (κ3) is 20.5. The van der Waals surface area contributed by atoms with Crippen molar-refractivity contribution in [1.82, 2.24) is 0 Å². The summed E-state index contributed by atoms with van der Waals surface area (Å²) in [4.78, 5) is 0. The van der Waals surface area contributed by atoms with Gasteiger partial charge in [-0.15, -0.1) is 0 Å². The quantitative estimate of drug-likeness (QED) is 0.266. The van der Waals surface area contributed by atoms with E-state index < -0.39 is 36.0 Å². The minimum atomic E-state index is -4.47. The van der Waals surface area contributed by atoms with Crippen molar-refractivity contribution >= 4 is 40.9 Å². The average Bonchev–Trinajstić information content (AvgIpc) is 1.90. The van der Waals surface area contributed by atoms with E-state index in [0.717, 1.165) is 0 Å². The maximum Gasteiger partial charge on any atom is 0.465 e. The molecule has 0 bridgehead atoms. The monoisotopic (exact) mass is 365 g/mol. The minimum Gasteiger partial charge on any atom is -0.529 e. The molecule has 0 spiro atoms. The molecule has 9 heteroatoms. The van der Waals surface area contributed by atoms with Gasteiger partial charge in [0.1, 0.15) is 7.38 Å². The summed E-state index contributed by atoms with van der Waals surface area (Å²) < 4.78 is 46.4. The topological polar surface area (TPSA) is 21.6 Å². The van der Waals surface area contributed by atoms with Crippen LogP contribution in [0.5, 0.6) is 0 Å². The molecule has 0 aromatic heterocycles. The van der Waals surface area contributed by atoms with Crippen molar-refractivity contribution in [1.29, 1.82) is 0 Å². The van der Waals surface area contributed by atoms with Crippen molar-refractivity contribution in [2.75, 3.05) is 0 Å². The molecule has 0 aliphatic heterocycles. The maximum absolute atomic E-state index is 12.6. The molecule has 0 amide bonds. The van der Waals surface area contributed by atoms with Gasteiger partial charge in [-0.3, -0.25) is 4.66 Å². The van der Waals surface area contributed by atoms with Crippen LogP contribution in [0.4, 0.5) is 13.2 Å². The van der Waals surface area contributed by atoms with Gasteiger partial charge in [0.2, 0.25) is 8.32 Å². The third-order valence-electron chi connectivity index (χ3n) is 1.08. The van der Waals surface area contributed by atoms with E-state index in [9.17, 15) is 13.2 Å². The van der Waals surface area contributed by atoms with Crippen LogP contribution in [-0.2, 0) is 4.43 Å². The SMILES string of the molecule is C[Si](C)(C)/N=C(/O[Si](C)(C)C)C(F)(F)F.C[Si](C)(C)Cl. The van der Waals surface area contributed by atoms with Gasteiger partial charge in [0, 0.05) is 0 Å². The highest BCUT2D eigenvalue weighted by Crippen LogP contribution is 2.23. The molecule has 122 valence electrons. The molecule has 0 heterocycles. The van der Waals surface area contributed by atoms with Crippen LogP contribution in [0.15, 0.2) is 4.66 Å². The molecular weight excluding hydrogens is 339 g/mol. The first-order valence-electron chi connectivity index (χ1n) is 6.36. The molecule has 0 aliphatic carbocycles. The Labute approximate surface area is 128 Å². The van der Waals surface area contributed by atoms with Gasteiger partial charge in [0.05, 0.1) is 0 Å². The Balaban J connectivity index is 0. The lowest BCUT2D eigenvalue weighted by Gasteiger charge is -2.24. The van der Waals surface area contributed by atoms with Crippen LogP contribution in [0.1, 0.15) is 0 Å². The number of halogens is 4. The summed E-state index contributed by atoms with van der Waals surface area (Å²) in [5.74, 6) is -1.04. The van der Waals surface area contributed by atoms with E-state index in [4.69, 9.17) is 15.5 Å². The van der Waals surface area contributed by atoms with E-state index in [1.165, 1.54) is 0 Å². The zero-order chi connectivity index (χ0) is 17.0. The molecule has 0 aliphatic rings. The fourth-order valence-electron chi connectivity index (χ4n) is 0.739. The number of nitrogens with zero attached hydrogens (tertiary/aromatic N) is 1. The number of alkyl halides is 3. The van der Waals surface area contributed by atoms with Crippen molar-refractivity contribution in [3.8, 4) is 0 Å². The largest absolute Gasteiger partial charge is 0.529 e. The minimum absolute atomic E-state index is 1.04. The fourth-order valence-corrected chi connectivity index (χ4v) is 2.35. The molecule has 0 atom stereocenters. The molecular formula is C11H27ClF3NOSi3. The molecule has 0 saturated carbocycles. The van der Waals surface area contributed by atoms with Crippen LogP contribution in [0, 0.1) is 0 Å². The summed E-state index contributed by atoms with van der Waals surface area (Å²) >= 11 is 5.67. The third-order valence-corrected chi connectivity index (χ3v) is 2.76. The van der Waals surface area contributed by atoms with Gasteiger partial charge in [-0.05, 0) is 39.3 Å². The first kappa shape index (κ1) is 22.5. The standard InChI is InChI=1S/C8H18F3NOSi2.C3H9ClSi/c1-14(2,3)12-7(8(9,10)11)13-15(4,5)6;1-5(2,3)4/h1-6H3;1-3H3/b12-7+;. The van der Waals surface area contributed by atoms with E-state index in [-0.39, 0.29) is 0 Å². The van der Waals surface area contributed by atoms with E-state index in [1.807, 2.05) is 0 Å². The number of hydrogen-bond donors (Lipinski definition) is 0. The van der Waals surface area contributed by atoms with Crippen LogP contribution in [-0.4, -0.2) is 36.0 Å². The molecule has 20 heavy (non-hydrogen) atoms. The van der Waals surface area contributed by atoms with Gasteiger partial charge in [-0.1, -0.05) is 19.6 Å². The fraction of sp³-hybridized carbons (Fsp3) is 0.909. The molecule has 0 fully saturated rings. The van der Waals surface area contributed by atoms with Crippen molar-refractivity contribution in [2.45, 2.75) is 65.1 Å². The maximum atomic E-state index is 12.6. The molecule has 0 aromatic rings. The van der Waals surface area contributed by atoms with Crippen molar-refractivity contribution in [2.24, 2.45) is 4.66 Å². The average molecular weight is 366 g/mol. The smallest absolute Gasteiger partial charge is 0.465 e. The van der Waals surface area contributed by atoms with Gasteiger partial charge in [-0.2, -0.15) is 24.3 Å². The van der Waals surface area contributed by atoms with Crippen molar-refractivity contribution in [3.05, 3.63) is 0 Å². The Morgan fingerprint density at radius 1 is 0.900 bits per heavy atom. The van der Waals surface area contributed by atoms with E-state index in [1.54, 1.807) is 39.3 Å². The van der Waals surface area contributed by atoms with Crippen molar-refractivity contribution < 1.29 is 17.6 Å². The van der Waals surface area contributed by atoms with Gasteiger partial charge in [0.25, 0.3) is 5.90 Å². The molecule has 0 unspecified atom stereocenters. The van der Waals surface area contributed by atoms with Crippen LogP contribution >= 0.6 is 11.1 Å². The summed E-state index contributed by atoms with van der Waals surface area (Å²) in [7, 11) is -5.56. The van der Waals surface area contributed by atoms with Crippen LogP contribution in [0.2, 0.25) is 58.9 Å². The predicted molar refractivity (Wildman–Crippen MR) is 90.5 cm³/mol. The van der Waals surface area contributed by atoms with Crippen molar-refractivity contribution in [3.63, 3.8) is 0 Å². The summed E-state index contributed by atoms with van der Waals surface area (Å²) in [5.41, 5.74) is 0. The molecule has 2 nitrogen and oxygen atoms in total. The molecule has 0 radical (unpaired) electrons. The Bertz CT molecular complexity index is 322. The lowest BCUT2D eigenvalue weighted by molar-refractivity contribution is -0.0713. The highest BCUT2D eigenvalue weighted by molar-refractivity contribution is 7.18. The zero-order valence-corrected chi connectivity index (χ0v) is 17.6. The van der Waals surface area contributed by atoms with E-state index in [0.29, 0.717) is 0 Å². The summed E-state index contributed by atoms with van der Waals surface area (Å²) in [5, 5.41) is 0. The van der Waals surface area contributed by atoms with Gasteiger partial charge in [-0.25, -0.2) is 0 Å².